The van der Waals surface area contributed by atoms with Crippen molar-refractivity contribution in [2.45, 2.75) is 18.2 Å². The molecule has 4 rings (SSSR count). The normalized spacial score (nSPS) is 11.1. The van der Waals surface area contributed by atoms with Crippen LogP contribution in [0, 0.1) is 6.92 Å². The Morgan fingerprint density at radius 3 is 2.17 bits per heavy atom. The lowest BCUT2D eigenvalue weighted by atomic mass is 10.1. The average molecular weight is 503 g/mol. The van der Waals surface area contributed by atoms with Crippen LogP contribution in [-0.2, 0) is 16.4 Å². The summed E-state index contributed by atoms with van der Waals surface area (Å²) in [5.74, 6) is 0.765. The maximum Gasteiger partial charge on any atom is 0.268 e. The second-order valence-electron chi connectivity index (χ2n) is 8.15. The summed E-state index contributed by atoms with van der Waals surface area (Å²) in [6, 6.07) is 25.0. The molecule has 0 saturated heterocycles. The lowest BCUT2D eigenvalue weighted by molar-refractivity contribution is 0.0980. The van der Waals surface area contributed by atoms with Crippen LogP contribution < -0.4 is 14.4 Å². The molecule has 1 N–H and O–H groups in total. The van der Waals surface area contributed by atoms with Gasteiger partial charge in [0.05, 0.1) is 16.2 Å². The highest BCUT2D eigenvalue weighted by molar-refractivity contribution is 7.90. The van der Waals surface area contributed by atoms with Crippen molar-refractivity contribution in [3.05, 3.63) is 108 Å². The molecule has 0 saturated carbocycles. The number of sulfonamides is 1. The van der Waals surface area contributed by atoms with Gasteiger partial charge in [0, 0.05) is 19.8 Å². The molecule has 4 aromatic rings. The molecule has 0 unspecified atom stereocenters. The molecule has 0 radical (unpaired) electrons. The topological polar surface area (TPSA) is 101 Å². The number of anilines is 1. The van der Waals surface area contributed by atoms with Crippen LogP contribution in [0.15, 0.2) is 96.0 Å². The molecule has 0 spiro atoms. The minimum atomic E-state index is -4.10. The Hall–Kier alpha value is -4.24. The molecule has 1 aromatic heterocycles. The van der Waals surface area contributed by atoms with Gasteiger partial charge in [-0.25, -0.2) is 23.1 Å². The van der Waals surface area contributed by atoms with Crippen molar-refractivity contribution in [3.63, 3.8) is 0 Å². The van der Waals surface area contributed by atoms with E-state index >= 15 is 0 Å². The van der Waals surface area contributed by atoms with Crippen LogP contribution in [0.1, 0.15) is 21.6 Å². The van der Waals surface area contributed by atoms with Gasteiger partial charge in [-0.1, -0.05) is 48.5 Å². The van der Waals surface area contributed by atoms with Crippen LogP contribution in [0.4, 0.5) is 5.95 Å². The number of carbonyl (C=O) groups is 1. The molecule has 0 aliphatic rings. The van der Waals surface area contributed by atoms with Crippen LogP contribution in [-0.4, -0.2) is 37.9 Å². The zero-order valence-corrected chi connectivity index (χ0v) is 20.8. The van der Waals surface area contributed by atoms with Gasteiger partial charge in [0.15, 0.2) is 0 Å². The molecule has 9 heteroatoms. The molecule has 0 aliphatic heterocycles. The number of benzene rings is 3. The van der Waals surface area contributed by atoms with E-state index < -0.39 is 15.9 Å². The summed E-state index contributed by atoms with van der Waals surface area (Å²) in [7, 11) is -2.23. The highest BCUT2D eigenvalue weighted by Gasteiger charge is 2.21. The number of amides is 1. The Bertz CT molecular complexity index is 1430. The third kappa shape index (κ3) is 6.25. The third-order valence-corrected chi connectivity index (χ3v) is 6.82. The van der Waals surface area contributed by atoms with E-state index in [1.54, 1.807) is 19.1 Å². The van der Waals surface area contributed by atoms with Gasteiger partial charge >= 0.3 is 0 Å². The van der Waals surface area contributed by atoms with Gasteiger partial charge in [-0.3, -0.25) is 4.79 Å². The quantitative estimate of drug-likeness (QED) is 0.363. The predicted octanol–water partition coefficient (Wildman–Crippen LogP) is 4.37. The Labute approximate surface area is 210 Å². The molecular weight excluding hydrogens is 476 g/mol. The van der Waals surface area contributed by atoms with E-state index in [2.05, 4.69) is 26.8 Å². The number of para-hydroxylation sites is 1. The number of rotatable bonds is 9. The maximum atomic E-state index is 12.8. The monoisotopic (exact) mass is 502 g/mol. The van der Waals surface area contributed by atoms with Crippen LogP contribution in [0.3, 0.4) is 0 Å². The van der Waals surface area contributed by atoms with E-state index in [-0.39, 0.29) is 10.5 Å². The lowest BCUT2D eigenvalue weighted by Crippen LogP contribution is -2.31. The first kappa shape index (κ1) is 24.9. The average Bonchev–Trinajstić information content (AvgIpc) is 2.88. The first-order valence-corrected chi connectivity index (χ1v) is 12.8. The second-order valence-corrected chi connectivity index (χ2v) is 9.83. The number of aryl methyl sites for hydroxylation is 1. The predicted molar refractivity (Wildman–Crippen MR) is 138 cm³/mol. The number of nitrogens with one attached hydrogen (secondary N) is 1. The summed E-state index contributed by atoms with van der Waals surface area (Å²) in [5, 5.41) is 0. The van der Waals surface area contributed by atoms with Gasteiger partial charge in [-0.15, -0.1) is 0 Å². The fraction of sp³-hybridized carbons (Fsp3) is 0.148. The van der Waals surface area contributed by atoms with Gasteiger partial charge in [0.1, 0.15) is 11.5 Å². The van der Waals surface area contributed by atoms with Gasteiger partial charge in [-0.2, -0.15) is 0 Å². The van der Waals surface area contributed by atoms with Gasteiger partial charge in [0.2, 0.25) is 5.95 Å². The first-order valence-electron chi connectivity index (χ1n) is 11.3. The number of ether oxygens (including phenoxy) is 1. The van der Waals surface area contributed by atoms with E-state index in [0.717, 1.165) is 6.42 Å². The van der Waals surface area contributed by atoms with Crippen LogP contribution in [0.5, 0.6) is 11.5 Å². The molecule has 0 aliphatic carbocycles. The van der Waals surface area contributed by atoms with Gasteiger partial charge < -0.3 is 9.64 Å². The number of likely N-dealkylation sites (N-methyl/N-ethyl adjacent to an activating group) is 1. The molecule has 36 heavy (non-hydrogen) atoms. The Morgan fingerprint density at radius 1 is 0.917 bits per heavy atom. The second kappa shape index (κ2) is 11.0. The summed E-state index contributed by atoms with van der Waals surface area (Å²) in [6.07, 6.45) is 2.16. The number of hydrogen-bond acceptors (Lipinski definition) is 7. The van der Waals surface area contributed by atoms with Crippen LogP contribution in [0.25, 0.3) is 0 Å². The summed E-state index contributed by atoms with van der Waals surface area (Å²) in [4.78, 5) is 23.2. The van der Waals surface area contributed by atoms with E-state index in [1.165, 1.54) is 36.0 Å². The zero-order chi connectivity index (χ0) is 25.5. The highest BCUT2D eigenvalue weighted by Crippen LogP contribution is 2.22. The Morgan fingerprint density at radius 2 is 1.53 bits per heavy atom. The maximum absolute atomic E-state index is 12.8. The molecule has 1 amide bonds. The van der Waals surface area contributed by atoms with Crippen molar-refractivity contribution in [2.24, 2.45) is 0 Å². The van der Waals surface area contributed by atoms with Crippen molar-refractivity contribution < 1.29 is 17.9 Å². The standard InChI is InChI=1S/C27H26N4O4S/c1-20-25(19-28-27(29-20)31(2)18-17-21-9-5-3-6-10-21)26(32)30-36(33,34)24-15-13-23(14-16-24)35-22-11-7-4-8-12-22/h3-16,19H,17-18H2,1-2H3,(H,30,32). The van der Waals surface area contributed by atoms with Crippen LogP contribution in [0.2, 0.25) is 0 Å². The number of nitrogens with zero attached hydrogens (tertiary/aromatic N) is 3. The van der Waals surface area contributed by atoms with Crippen molar-refractivity contribution in [1.29, 1.82) is 0 Å². The number of hydrogen-bond donors (Lipinski definition) is 1. The molecule has 0 fully saturated rings. The molecule has 184 valence electrons. The SMILES string of the molecule is Cc1nc(N(C)CCc2ccccc2)ncc1C(=O)NS(=O)(=O)c1ccc(Oc2ccccc2)cc1. The van der Waals surface area contributed by atoms with E-state index in [4.69, 9.17) is 4.74 Å². The molecular formula is C27H26N4O4S. The largest absolute Gasteiger partial charge is 0.457 e. The zero-order valence-electron chi connectivity index (χ0n) is 20.0. The molecule has 3 aromatic carbocycles. The third-order valence-electron chi connectivity index (χ3n) is 5.47. The highest BCUT2D eigenvalue weighted by atomic mass is 32.2. The van der Waals surface area contributed by atoms with Crippen molar-refractivity contribution in [3.8, 4) is 11.5 Å². The Kier molecular flexibility index (Phi) is 7.60. The van der Waals surface area contributed by atoms with E-state index in [0.29, 0.717) is 29.7 Å². The smallest absolute Gasteiger partial charge is 0.268 e. The van der Waals surface area contributed by atoms with E-state index in [9.17, 15) is 13.2 Å². The van der Waals surface area contributed by atoms with Crippen molar-refractivity contribution >= 4 is 21.9 Å². The van der Waals surface area contributed by atoms with Crippen LogP contribution >= 0.6 is 0 Å². The summed E-state index contributed by atoms with van der Waals surface area (Å²) >= 11 is 0. The first-order chi connectivity index (χ1) is 17.3. The molecule has 1 heterocycles. The van der Waals surface area contributed by atoms with Gasteiger partial charge in [-0.05, 0) is 55.3 Å². The van der Waals surface area contributed by atoms with Gasteiger partial charge in [0.25, 0.3) is 15.9 Å². The summed E-state index contributed by atoms with van der Waals surface area (Å²) in [6.45, 7) is 2.33. The number of aromatic nitrogens is 2. The molecule has 0 bridgehead atoms. The lowest BCUT2D eigenvalue weighted by Gasteiger charge is -2.18. The summed E-state index contributed by atoms with van der Waals surface area (Å²) < 4.78 is 33.3. The molecule has 0 atom stereocenters. The summed E-state index contributed by atoms with van der Waals surface area (Å²) in [5.41, 5.74) is 1.66. The van der Waals surface area contributed by atoms with Crippen molar-refractivity contribution in [2.75, 3.05) is 18.5 Å². The fourth-order valence-corrected chi connectivity index (χ4v) is 4.42. The molecule has 8 nitrogen and oxygen atoms in total. The minimum absolute atomic E-state index is 0.0629. The van der Waals surface area contributed by atoms with E-state index in [1.807, 2.05) is 48.3 Å². The minimum Gasteiger partial charge on any atom is -0.457 e. The number of carbonyl (C=O) groups excluding carboxylic acids is 1. The van der Waals surface area contributed by atoms with Crippen molar-refractivity contribution in [1.82, 2.24) is 14.7 Å². The fourth-order valence-electron chi connectivity index (χ4n) is 3.45. The Balaban J connectivity index is 1.40.